The molecule has 0 saturated carbocycles. The van der Waals surface area contributed by atoms with Crippen molar-refractivity contribution in [3.8, 4) is 0 Å². The van der Waals surface area contributed by atoms with Gasteiger partial charge in [0.1, 0.15) is 5.82 Å². The summed E-state index contributed by atoms with van der Waals surface area (Å²) in [4.78, 5) is 13.4. The lowest BCUT2D eigenvalue weighted by atomic mass is 10.2. The van der Waals surface area contributed by atoms with E-state index in [0.717, 1.165) is 5.56 Å². The minimum absolute atomic E-state index is 0. The Morgan fingerprint density at radius 3 is 2.47 bits per heavy atom. The Balaban J connectivity index is 0.00000324. The Bertz CT molecular complexity index is 383. The van der Waals surface area contributed by atoms with Crippen molar-refractivity contribution >= 4 is 18.3 Å². The molecule has 0 aromatic heterocycles. The van der Waals surface area contributed by atoms with E-state index in [1.54, 1.807) is 24.1 Å². The van der Waals surface area contributed by atoms with Crippen LogP contribution in [-0.2, 0) is 16.1 Å². The summed E-state index contributed by atoms with van der Waals surface area (Å²) < 4.78 is 17.8. The molecular weight excluding hydrogens is 271 g/mol. The van der Waals surface area contributed by atoms with E-state index in [9.17, 15) is 9.18 Å². The maximum absolute atomic E-state index is 12.7. The van der Waals surface area contributed by atoms with Crippen molar-refractivity contribution in [2.45, 2.75) is 19.1 Å². The fourth-order valence-corrected chi connectivity index (χ4v) is 1.57. The van der Waals surface area contributed by atoms with E-state index < -0.39 is 0 Å². The van der Waals surface area contributed by atoms with Gasteiger partial charge < -0.3 is 15.4 Å². The average Bonchev–Trinajstić information content (AvgIpc) is 2.38. The van der Waals surface area contributed by atoms with Gasteiger partial charge in [-0.3, -0.25) is 4.79 Å². The second-order valence-electron chi connectivity index (χ2n) is 4.17. The minimum Gasteiger partial charge on any atom is -0.380 e. The summed E-state index contributed by atoms with van der Waals surface area (Å²) >= 11 is 0. The van der Waals surface area contributed by atoms with Gasteiger partial charge in [-0.25, -0.2) is 4.39 Å². The van der Waals surface area contributed by atoms with Crippen molar-refractivity contribution in [2.24, 2.45) is 5.73 Å². The highest BCUT2D eigenvalue weighted by atomic mass is 35.5. The molecule has 0 bridgehead atoms. The number of amides is 1. The molecule has 0 heterocycles. The van der Waals surface area contributed by atoms with Crippen molar-refractivity contribution < 1.29 is 13.9 Å². The van der Waals surface area contributed by atoms with Crippen LogP contribution in [-0.4, -0.2) is 37.6 Å². The highest BCUT2D eigenvalue weighted by Gasteiger charge is 2.15. The molecule has 2 N–H and O–H groups in total. The molecule has 6 heteroatoms. The Kier molecular flexibility index (Phi) is 8.30. The van der Waals surface area contributed by atoms with Crippen molar-refractivity contribution in [1.29, 1.82) is 0 Å². The fraction of sp³-hybridized carbons (Fsp3) is 0.462. The van der Waals surface area contributed by atoms with Gasteiger partial charge in [-0.1, -0.05) is 12.1 Å². The van der Waals surface area contributed by atoms with Crippen molar-refractivity contribution in [3.05, 3.63) is 35.6 Å². The molecule has 4 nitrogen and oxygen atoms in total. The molecule has 1 atom stereocenters. The molecular formula is C13H20ClFN2O2. The van der Waals surface area contributed by atoms with Crippen molar-refractivity contribution in [2.75, 3.05) is 20.7 Å². The van der Waals surface area contributed by atoms with Gasteiger partial charge in [-0.2, -0.15) is 0 Å². The van der Waals surface area contributed by atoms with Crippen LogP contribution in [0.5, 0.6) is 0 Å². The van der Waals surface area contributed by atoms with Crippen LogP contribution in [0.15, 0.2) is 24.3 Å². The second-order valence-corrected chi connectivity index (χ2v) is 4.17. The summed E-state index contributed by atoms with van der Waals surface area (Å²) in [5.74, 6) is -0.327. The van der Waals surface area contributed by atoms with Gasteiger partial charge in [-0.05, 0) is 17.7 Å². The first-order chi connectivity index (χ1) is 8.56. The number of ether oxygens (including phenoxy) is 1. The molecule has 1 aromatic carbocycles. The molecule has 0 aliphatic carbocycles. The van der Waals surface area contributed by atoms with Crippen molar-refractivity contribution in [3.63, 3.8) is 0 Å². The molecule has 19 heavy (non-hydrogen) atoms. The van der Waals surface area contributed by atoms with Gasteiger partial charge in [0.05, 0.1) is 12.5 Å². The minimum atomic E-state index is -0.282. The number of hydrogen-bond acceptors (Lipinski definition) is 3. The summed E-state index contributed by atoms with van der Waals surface area (Å²) in [7, 11) is 3.24. The maximum atomic E-state index is 12.7. The summed E-state index contributed by atoms with van der Waals surface area (Å²) in [6.45, 7) is 0.757. The molecule has 0 spiro atoms. The first kappa shape index (κ1) is 17.8. The first-order valence-corrected chi connectivity index (χ1v) is 5.78. The number of carbonyl (C=O) groups is 1. The molecule has 0 fully saturated rings. The zero-order valence-electron chi connectivity index (χ0n) is 11.1. The normalized spacial score (nSPS) is 11.6. The summed E-state index contributed by atoms with van der Waals surface area (Å²) in [6.07, 6.45) is -0.00167. The second kappa shape index (κ2) is 8.85. The number of benzene rings is 1. The van der Waals surface area contributed by atoms with Gasteiger partial charge in [0, 0.05) is 27.2 Å². The van der Waals surface area contributed by atoms with E-state index in [0.29, 0.717) is 13.1 Å². The summed E-state index contributed by atoms with van der Waals surface area (Å²) in [6, 6.07) is 6.09. The molecule has 1 amide bonds. The topological polar surface area (TPSA) is 55.6 Å². The third kappa shape index (κ3) is 6.00. The van der Waals surface area contributed by atoms with Crippen LogP contribution in [0.25, 0.3) is 0 Å². The lowest BCUT2D eigenvalue weighted by Gasteiger charge is -2.20. The standard InChI is InChI=1S/C13H19FN2O2.ClH/c1-16(13(17)7-12(8-15)18-2)9-10-3-5-11(14)6-4-10;/h3-6,12H,7-9,15H2,1-2H3;1H. The smallest absolute Gasteiger partial charge is 0.225 e. The zero-order chi connectivity index (χ0) is 13.5. The largest absolute Gasteiger partial charge is 0.380 e. The number of nitrogens with zero attached hydrogens (tertiary/aromatic N) is 1. The van der Waals surface area contributed by atoms with Crippen LogP contribution in [0.1, 0.15) is 12.0 Å². The molecule has 1 unspecified atom stereocenters. The van der Waals surface area contributed by atoms with Crippen LogP contribution in [0, 0.1) is 5.82 Å². The van der Waals surface area contributed by atoms with Gasteiger partial charge >= 0.3 is 0 Å². The number of rotatable bonds is 6. The molecule has 1 rings (SSSR count). The molecule has 0 aliphatic heterocycles. The molecule has 1 aromatic rings. The van der Waals surface area contributed by atoms with Crippen LogP contribution >= 0.6 is 12.4 Å². The highest BCUT2D eigenvalue weighted by molar-refractivity contribution is 5.85. The van der Waals surface area contributed by atoms with Crippen LogP contribution in [0.4, 0.5) is 4.39 Å². The number of halogens is 2. The van der Waals surface area contributed by atoms with E-state index in [4.69, 9.17) is 10.5 Å². The number of carbonyl (C=O) groups excluding carboxylic acids is 1. The lowest BCUT2D eigenvalue weighted by Crippen LogP contribution is -2.33. The van der Waals surface area contributed by atoms with Gasteiger partial charge in [-0.15, -0.1) is 12.4 Å². The average molecular weight is 291 g/mol. The van der Waals surface area contributed by atoms with E-state index in [2.05, 4.69) is 0 Å². The predicted molar refractivity (Wildman–Crippen MR) is 74.6 cm³/mol. The molecule has 0 radical (unpaired) electrons. The molecule has 0 saturated heterocycles. The SMILES string of the molecule is COC(CN)CC(=O)N(C)Cc1ccc(F)cc1.Cl. The Morgan fingerprint density at radius 2 is 2.00 bits per heavy atom. The number of nitrogens with two attached hydrogens (primary N) is 1. The van der Waals surface area contributed by atoms with Crippen molar-refractivity contribution in [1.82, 2.24) is 4.90 Å². The van der Waals surface area contributed by atoms with E-state index >= 15 is 0 Å². The highest BCUT2D eigenvalue weighted by Crippen LogP contribution is 2.07. The Morgan fingerprint density at radius 1 is 1.42 bits per heavy atom. The maximum Gasteiger partial charge on any atom is 0.225 e. The van der Waals surface area contributed by atoms with Gasteiger partial charge in [0.15, 0.2) is 0 Å². The van der Waals surface area contributed by atoms with Crippen LogP contribution in [0.2, 0.25) is 0 Å². The lowest BCUT2D eigenvalue weighted by molar-refractivity contribution is -0.132. The third-order valence-corrected chi connectivity index (χ3v) is 2.76. The quantitative estimate of drug-likeness (QED) is 0.865. The summed E-state index contributed by atoms with van der Waals surface area (Å²) in [5.41, 5.74) is 6.35. The zero-order valence-corrected chi connectivity index (χ0v) is 12.0. The number of methoxy groups -OCH3 is 1. The Hall–Kier alpha value is -1.17. The van der Waals surface area contributed by atoms with Gasteiger partial charge in [0.25, 0.3) is 0 Å². The number of hydrogen-bond donors (Lipinski definition) is 1. The Labute approximate surface area is 119 Å². The monoisotopic (exact) mass is 290 g/mol. The predicted octanol–water partition coefficient (Wildman–Crippen LogP) is 1.57. The molecule has 0 aliphatic rings. The van der Waals surface area contributed by atoms with E-state index in [-0.39, 0.29) is 36.7 Å². The van der Waals surface area contributed by atoms with Crippen LogP contribution < -0.4 is 5.73 Å². The first-order valence-electron chi connectivity index (χ1n) is 5.78. The fourth-order valence-electron chi connectivity index (χ4n) is 1.57. The third-order valence-electron chi connectivity index (χ3n) is 2.76. The van der Waals surface area contributed by atoms with E-state index in [1.807, 2.05) is 0 Å². The molecule has 108 valence electrons. The summed E-state index contributed by atoms with van der Waals surface area (Å²) in [5, 5.41) is 0. The van der Waals surface area contributed by atoms with E-state index in [1.165, 1.54) is 19.2 Å². The van der Waals surface area contributed by atoms with Crippen LogP contribution in [0.3, 0.4) is 0 Å². The van der Waals surface area contributed by atoms with Gasteiger partial charge in [0.2, 0.25) is 5.91 Å².